The molecule has 0 amide bonds. The summed E-state index contributed by atoms with van der Waals surface area (Å²) in [6.45, 7) is 3.27. The first-order chi connectivity index (χ1) is 6.52. The van der Waals surface area contributed by atoms with Gasteiger partial charge in [-0.1, -0.05) is 6.58 Å². The largest absolute Gasteiger partial charge is 0.545 e. The van der Waals surface area contributed by atoms with Gasteiger partial charge in [0.05, 0.1) is 10.9 Å². The maximum absolute atomic E-state index is 10.4. The molecule has 0 saturated heterocycles. The van der Waals surface area contributed by atoms with E-state index < -0.39 is 10.9 Å². The Bertz CT molecular complexity index is 394. The molecule has 0 aliphatic heterocycles. The molecule has 14 heavy (non-hydrogen) atoms. The van der Waals surface area contributed by atoms with E-state index in [0.717, 1.165) is 0 Å². The minimum atomic E-state index is -1.39. The molecule has 5 nitrogen and oxygen atoms in total. The van der Waals surface area contributed by atoms with Crippen LogP contribution in [0.3, 0.4) is 0 Å². The Hall–Kier alpha value is -2.17. The van der Waals surface area contributed by atoms with Crippen molar-refractivity contribution in [3.05, 3.63) is 46.5 Å². The number of rotatable bonds is 3. The molecule has 72 valence electrons. The van der Waals surface area contributed by atoms with Crippen LogP contribution in [0, 0.1) is 10.1 Å². The second-order valence-electron chi connectivity index (χ2n) is 2.57. The number of nitro groups is 1. The van der Waals surface area contributed by atoms with Crippen LogP contribution in [0.1, 0.15) is 5.56 Å². The van der Waals surface area contributed by atoms with Crippen LogP contribution < -0.4 is 5.11 Å². The van der Waals surface area contributed by atoms with E-state index in [1.54, 1.807) is 0 Å². The molecular formula is C9H6NO4-. The third-order valence-electron chi connectivity index (χ3n) is 1.67. The molecule has 0 N–H and O–H groups in total. The predicted octanol–water partition coefficient (Wildman–Crippen LogP) is 0.358. The number of carbonyl (C=O) groups is 1. The van der Waals surface area contributed by atoms with Crippen LogP contribution in [0.5, 0.6) is 0 Å². The highest BCUT2D eigenvalue weighted by atomic mass is 16.6. The maximum Gasteiger partial charge on any atom is 0.269 e. The Morgan fingerprint density at radius 1 is 1.29 bits per heavy atom. The normalized spacial score (nSPS) is 9.43. The van der Waals surface area contributed by atoms with Gasteiger partial charge in [-0.15, -0.1) is 0 Å². The molecular weight excluding hydrogens is 186 g/mol. The van der Waals surface area contributed by atoms with Crippen molar-refractivity contribution >= 4 is 17.2 Å². The first-order valence-electron chi connectivity index (χ1n) is 3.67. The lowest BCUT2D eigenvalue weighted by atomic mass is 10.1. The van der Waals surface area contributed by atoms with Crippen LogP contribution in [-0.2, 0) is 4.79 Å². The fourth-order valence-electron chi connectivity index (χ4n) is 0.902. The van der Waals surface area contributed by atoms with Gasteiger partial charge in [0, 0.05) is 12.1 Å². The number of nitrogens with zero attached hydrogens (tertiary/aromatic N) is 1. The number of hydrogen-bond acceptors (Lipinski definition) is 4. The lowest BCUT2D eigenvalue weighted by Gasteiger charge is -2.05. The third-order valence-corrected chi connectivity index (χ3v) is 1.67. The van der Waals surface area contributed by atoms with E-state index >= 15 is 0 Å². The van der Waals surface area contributed by atoms with Crippen LogP contribution in [0.4, 0.5) is 5.69 Å². The van der Waals surface area contributed by atoms with E-state index in [0.29, 0.717) is 5.56 Å². The highest BCUT2D eigenvalue weighted by Gasteiger charge is 2.05. The molecule has 0 unspecified atom stereocenters. The summed E-state index contributed by atoms with van der Waals surface area (Å²) in [4.78, 5) is 20.1. The monoisotopic (exact) mass is 192 g/mol. The summed E-state index contributed by atoms with van der Waals surface area (Å²) in [6, 6.07) is 5.06. The summed E-state index contributed by atoms with van der Waals surface area (Å²) in [5, 5.41) is 20.6. The maximum atomic E-state index is 10.4. The van der Waals surface area contributed by atoms with E-state index in [4.69, 9.17) is 0 Å². The SMILES string of the molecule is C=C(C(=O)[O-])c1ccc([N+](=O)[O-])cc1. The fourth-order valence-corrected chi connectivity index (χ4v) is 0.902. The fraction of sp³-hybridized carbons (Fsp3) is 0. The number of carboxylic acid groups (broad SMARTS) is 1. The van der Waals surface area contributed by atoms with Gasteiger partial charge in [0.1, 0.15) is 0 Å². The van der Waals surface area contributed by atoms with Crippen molar-refractivity contribution in [1.29, 1.82) is 0 Å². The molecule has 1 rings (SSSR count). The number of non-ortho nitro benzene ring substituents is 1. The van der Waals surface area contributed by atoms with E-state index in [9.17, 15) is 20.0 Å². The van der Waals surface area contributed by atoms with E-state index in [2.05, 4.69) is 6.58 Å². The Labute approximate surface area is 79.4 Å². The van der Waals surface area contributed by atoms with Crippen LogP contribution in [-0.4, -0.2) is 10.9 Å². The van der Waals surface area contributed by atoms with Gasteiger partial charge in [-0.3, -0.25) is 10.1 Å². The lowest BCUT2D eigenvalue weighted by Crippen LogP contribution is -2.22. The smallest absolute Gasteiger partial charge is 0.269 e. The summed E-state index contributed by atoms with van der Waals surface area (Å²) in [6.07, 6.45) is 0. The molecule has 0 aromatic heterocycles. The summed E-state index contributed by atoms with van der Waals surface area (Å²) in [7, 11) is 0. The van der Waals surface area contributed by atoms with Crippen LogP contribution >= 0.6 is 0 Å². The van der Waals surface area contributed by atoms with Gasteiger partial charge in [-0.2, -0.15) is 0 Å². The van der Waals surface area contributed by atoms with Crippen molar-refractivity contribution in [2.75, 3.05) is 0 Å². The van der Waals surface area contributed by atoms with Gasteiger partial charge < -0.3 is 9.90 Å². The molecule has 0 aliphatic carbocycles. The topological polar surface area (TPSA) is 83.3 Å². The molecule has 5 heteroatoms. The average molecular weight is 192 g/mol. The van der Waals surface area contributed by atoms with Gasteiger partial charge in [0.15, 0.2) is 0 Å². The summed E-state index contributed by atoms with van der Waals surface area (Å²) in [5.74, 6) is -1.39. The summed E-state index contributed by atoms with van der Waals surface area (Å²) in [5.41, 5.74) is 0.00963. The van der Waals surface area contributed by atoms with E-state index in [1.807, 2.05) is 0 Å². The minimum Gasteiger partial charge on any atom is -0.545 e. The van der Waals surface area contributed by atoms with Gasteiger partial charge >= 0.3 is 0 Å². The molecule has 1 aromatic carbocycles. The van der Waals surface area contributed by atoms with Crippen LogP contribution in [0.2, 0.25) is 0 Å². The number of aliphatic carboxylic acids is 1. The zero-order chi connectivity index (χ0) is 10.7. The summed E-state index contributed by atoms with van der Waals surface area (Å²) < 4.78 is 0. The molecule has 0 spiro atoms. The Morgan fingerprint density at radius 3 is 2.14 bits per heavy atom. The van der Waals surface area contributed by atoms with Crippen molar-refractivity contribution < 1.29 is 14.8 Å². The quantitative estimate of drug-likeness (QED) is 0.393. The van der Waals surface area contributed by atoms with E-state index in [1.165, 1.54) is 24.3 Å². The van der Waals surface area contributed by atoms with Gasteiger partial charge in [-0.25, -0.2) is 0 Å². The lowest BCUT2D eigenvalue weighted by molar-refractivity contribution is -0.384. The highest BCUT2D eigenvalue weighted by molar-refractivity contribution is 6.13. The second-order valence-corrected chi connectivity index (χ2v) is 2.57. The van der Waals surface area contributed by atoms with Gasteiger partial charge in [0.25, 0.3) is 5.69 Å². The minimum absolute atomic E-state index is 0.0973. The molecule has 0 bridgehead atoms. The Balaban J connectivity index is 3.00. The molecule has 0 heterocycles. The van der Waals surface area contributed by atoms with E-state index in [-0.39, 0.29) is 11.3 Å². The molecule has 0 saturated carbocycles. The molecule has 0 radical (unpaired) electrons. The third kappa shape index (κ3) is 1.95. The summed E-state index contributed by atoms with van der Waals surface area (Å²) >= 11 is 0. The van der Waals surface area contributed by atoms with Crippen molar-refractivity contribution in [1.82, 2.24) is 0 Å². The van der Waals surface area contributed by atoms with Gasteiger partial charge in [0.2, 0.25) is 0 Å². The predicted molar refractivity (Wildman–Crippen MR) is 47.1 cm³/mol. The zero-order valence-corrected chi connectivity index (χ0v) is 7.10. The van der Waals surface area contributed by atoms with Crippen molar-refractivity contribution in [2.24, 2.45) is 0 Å². The first-order valence-corrected chi connectivity index (χ1v) is 3.67. The average Bonchev–Trinajstić information content (AvgIpc) is 2.16. The molecule has 0 aliphatic rings. The van der Waals surface area contributed by atoms with Crippen molar-refractivity contribution in [3.63, 3.8) is 0 Å². The molecule has 0 fully saturated rings. The first kappa shape index (κ1) is 9.91. The van der Waals surface area contributed by atoms with Gasteiger partial charge in [-0.05, 0) is 23.3 Å². The number of benzene rings is 1. The number of nitro benzene ring substituents is 1. The molecule has 1 aromatic rings. The zero-order valence-electron chi connectivity index (χ0n) is 7.10. The number of carbonyl (C=O) groups excluding carboxylic acids is 1. The Kier molecular flexibility index (Phi) is 2.62. The number of hydrogen-bond donors (Lipinski definition) is 0. The molecule has 0 atom stereocenters. The van der Waals surface area contributed by atoms with Crippen LogP contribution in [0.15, 0.2) is 30.8 Å². The Morgan fingerprint density at radius 2 is 1.79 bits per heavy atom. The number of carboxylic acids is 1. The standard InChI is InChI=1S/C9H7NO4/c1-6(9(11)12)7-2-4-8(5-3-7)10(13)14/h2-5H,1H2,(H,11,12)/p-1. The van der Waals surface area contributed by atoms with Crippen molar-refractivity contribution in [3.8, 4) is 0 Å². The van der Waals surface area contributed by atoms with Crippen molar-refractivity contribution in [2.45, 2.75) is 0 Å². The second kappa shape index (κ2) is 3.69. The van der Waals surface area contributed by atoms with Crippen LogP contribution in [0.25, 0.3) is 5.57 Å². The highest BCUT2D eigenvalue weighted by Crippen LogP contribution is 2.16.